The van der Waals surface area contributed by atoms with Crippen LogP contribution in [0.3, 0.4) is 0 Å². The largest absolute Gasteiger partial charge is 0.463 e. The zero-order valence-corrected chi connectivity index (χ0v) is 10.1. The summed E-state index contributed by atoms with van der Waals surface area (Å²) in [7, 11) is 5.33. The average Bonchev–Trinajstić information content (AvgIpc) is 2.15. The van der Waals surface area contributed by atoms with Gasteiger partial charge in [-0.05, 0) is 6.07 Å². The van der Waals surface area contributed by atoms with Gasteiger partial charge in [0.1, 0.15) is 5.44 Å². The van der Waals surface area contributed by atoms with Gasteiger partial charge < -0.3 is 10.5 Å². The molecule has 17 heavy (non-hydrogen) atoms. The fraction of sp³-hybridized carbons (Fsp3) is 0.375. The van der Waals surface area contributed by atoms with E-state index in [0.717, 1.165) is 6.07 Å². The Kier molecular flexibility index (Phi) is 4.48. The van der Waals surface area contributed by atoms with Crippen molar-refractivity contribution in [2.75, 3.05) is 5.73 Å². The molecule has 0 aliphatic heterocycles. The number of nitrogen functional groups attached to an aromatic ring is 1. The Balaban J connectivity index is 2.98. The molecule has 3 nitrogen and oxygen atoms in total. The normalized spacial score (nSPS) is 15.4. The molecule has 0 fully saturated rings. The molecule has 9 heteroatoms. The van der Waals surface area contributed by atoms with Gasteiger partial charge in [0.05, 0.1) is 7.85 Å². The molecular formula is C8H8BF3N2OS2. The minimum atomic E-state index is -4.59. The lowest BCUT2D eigenvalue weighted by atomic mass is 10.1. The molecule has 0 spiro atoms. The highest BCUT2D eigenvalue weighted by molar-refractivity contribution is 7.86. The van der Waals surface area contributed by atoms with E-state index < -0.39 is 22.5 Å². The van der Waals surface area contributed by atoms with Crippen molar-refractivity contribution in [2.45, 2.75) is 16.8 Å². The van der Waals surface area contributed by atoms with E-state index in [1.165, 1.54) is 0 Å². The second kappa shape index (κ2) is 5.30. The summed E-state index contributed by atoms with van der Waals surface area (Å²) in [5, 5.41) is -0.768. The first-order valence-corrected chi connectivity index (χ1v) is 5.36. The smallest absolute Gasteiger partial charge is 0.433 e. The zero-order chi connectivity index (χ0) is 13.2. The highest BCUT2D eigenvalue weighted by Gasteiger charge is 2.33. The number of ether oxygens (including phenoxy) is 1. The number of anilines is 1. The standard InChI is InChI=1S/C8H8BF3N2OS2/c9-6(16)7(17)15-5-2-3(13)1-4(14-5)8(10,11)12/h1-2,6-7,16-17H,(H2,13,14). The maximum Gasteiger partial charge on any atom is 0.433 e. The summed E-state index contributed by atoms with van der Waals surface area (Å²) in [6, 6.07) is 1.86. The number of aromatic nitrogens is 1. The first-order valence-electron chi connectivity index (χ1n) is 4.33. The number of thiol groups is 2. The molecule has 92 valence electrons. The lowest BCUT2D eigenvalue weighted by molar-refractivity contribution is -0.141. The molecule has 1 aromatic rings. The third-order valence-electron chi connectivity index (χ3n) is 1.65. The molecule has 0 saturated carbocycles. The van der Waals surface area contributed by atoms with E-state index in [9.17, 15) is 13.2 Å². The third kappa shape index (κ3) is 4.23. The Morgan fingerprint density at radius 1 is 1.35 bits per heavy atom. The highest BCUT2D eigenvalue weighted by atomic mass is 32.1. The summed E-state index contributed by atoms with van der Waals surface area (Å²) in [5.74, 6) is -0.304. The van der Waals surface area contributed by atoms with Gasteiger partial charge in [0.2, 0.25) is 5.88 Å². The van der Waals surface area contributed by atoms with Crippen LogP contribution in [0, 0.1) is 0 Å². The number of rotatable bonds is 3. The lowest BCUT2D eigenvalue weighted by Gasteiger charge is -2.17. The predicted molar refractivity (Wildman–Crippen MR) is 65.6 cm³/mol. The van der Waals surface area contributed by atoms with Crippen LogP contribution >= 0.6 is 25.3 Å². The van der Waals surface area contributed by atoms with E-state index >= 15 is 0 Å². The van der Waals surface area contributed by atoms with Gasteiger partial charge in [-0.3, -0.25) is 0 Å². The van der Waals surface area contributed by atoms with Crippen LogP contribution in [0.2, 0.25) is 0 Å². The van der Waals surface area contributed by atoms with Crippen LogP contribution < -0.4 is 10.5 Å². The fourth-order valence-electron chi connectivity index (χ4n) is 0.924. The van der Waals surface area contributed by atoms with E-state index in [4.69, 9.17) is 18.3 Å². The number of pyridine rings is 1. The van der Waals surface area contributed by atoms with Crippen LogP contribution in [0.25, 0.3) is 0 Å². The van der Waals surface area contributed by atoms with Crippen molar-refractivity contribution in [2.24, 2.45) is 0 Å². The van der Waals surface area contributed by atoms with Gasteiger partial charge in [-0.2, -0.15) is 25.8 Å². The molecule has 2 atom stereocenters. The molecule has 0 bridgehead atoms. The van der Waals surface area contributed by atoms with Crippen molar-refractivity contribution in [1.29, 1.82) is 0 Å². The Morgan fingerprint density at radius 3 is 2.41 bits per heavy atom. The van der Waals surface area contributed by atoms with Crippen molar-refractivity contribution in [3.63, 3.8) is 0 Å². The number of halogens is 3. The minimum absolute atomic E-state index is 0.115. The van der Waals surface area contributed by atoms with E-state index in [1.807, 2.05) is 0 Å². The SMILES string of the molecule is [B]C(S)C(S)Oc1cc(N)cc(C(F)(F)F)n1. The zero-order valence-electron chi connectivity index (χ0n) is 8.35. The first-order chi connectivity index (χ1) is 7.70. The van der Waals surface area contributed by atoms with Gasteiger partial charge in [0.15, 0.2) is 5.69 Å². The lowest BCUT2D eigenvalue weighted by Crippen LogP contribution is -2.23. The van der Waals surface area contributed by atoms with Crippen molar-refractivity contribution >= 4 is 38.8 Å². The Morgan fingerprint density at radius 2 is 1.94 bits per heavy atom. The maximum absolute atomic E-state index is 12.4. The predicted octanol–water partition coefficient (Wildman–Crippen LogP) is 1.74. The van der Waals surface area contributed by atoms with Crippen LogP contribution in [0.1, 0.15) is 5.69 Å². The van der Waals surface area contributed by atoms with Gasteiger partial charge in [0, 0.05) is 16.9 Å². The molecule has 1 heterocycles. The van der Waals surface area contributed by atoms with E-state index in [0.29, 0.717) is 6.07 Å². The van der Waals surface area contributed by atoms with Crippen molar-refractivity contribution in [3.8, 4) is 5.88 Å². The number of nitrogens with zero attached hydrogens (tertiary/aromatic N) is 1. The van der Waals surface area contributed by atoms with E-state index in [2.05, 4.69) is 30.2 Å². The molecule has 0 amide bonds. The van der Waals surface area contributed by atoms with Crippen LogP contribution in [0.15, 0.2) is 12.1 Å². The molecular weight excluding hydrogens is 272 g/mol. The number of nitrogens with two attached hydrogens (primary N) is 1. The highest BCUT2D eigenvalue weighted by Crippen LogP contribution is 2.31. The quantitative estimate of drug-likeness (QED) is 0.449. The fourth-order valence-corrected chi connectivity index (χ4v) is 1.09. The first kappa shape index (κ1) is 14.4. The summed E-state index contributed by atoms with van der Waals surface area (Å²) < 4.78 is 42.2. The van der Waals surface area contributed by atoms with Crippen LogP contribution in [0.4, 0.5) is 18.9 Å². The molecule has 0 saturated heterocycles. The molecule has 1 aromatic heterocycles. The maximum atomic E-state index is 12.4. The van der Waals surface area contributed by atoms with E-state index in [-0.39, 0.29) is 11.6 Å². The van der Waals surface area contributed by atoms with Gasteiger partial charge in [-0.25, -0.2) is 4.98 Å². The topological polar surface area (TPSA) is 48.1 Å². The van der Waals surface area contributed by atoms with Gasteiger partial charge in [0.25, 0.3) is 0 Å². The van der Waals surface area contributed by atoms with Crippen molar-refractivity contribution in [1.82, 2.24) is 4.98 Å². The Hall–Kier alpha value is -0.695. The molecule has 0 aromatic carbocycles. The summed E-state index contributed by atoms with van der Waals surface area (Å²) in [5.41, 5.74) is 3.16. The molecule has 0 aliphatic carbocycles. The number of hydrogen-bond donors (Lipinski definition) is 3. The summed E-state index contributed by atoms with van der Waals surface area (Å²) >= 11 is 7.72. The van der Waals surface area contributed by atoms with E-state index in [1.54, 1.807) is 0 Å². The van der Waals surface area contributed by atoms with Gasteiger partial charge >= 0.3 is 6.18 Å². The Bertz CT molecular complexity index is 403. The molecule has 1 rings (SSSR count). The molecule has 2 radical (unpaired) electrons. The number of alkyl halides is 3. The number of hydrogen-bond acceptors (Lipinski definition) is 5. The second-order valence-electron chi connectivity index (χ2n) is 3.12. The average molecular weight is 280 g/mol. The van der Waals surface area contributed by atoms with Crippen molar-refractivity contribution in [3.05, 3.63) is 17.8 Å². The monoisotopic (exact) mass is 280 g/mol. The molecule has 0 aliphatic rings. The molecule has 2 unspecified atom stereocenters. The van der Waals surface area contributed by atoms with Crippen molar-refractivity contribution < 1.29 is 17.9 Å². The summed E-state index contributed by atoms with van der Waals surface area (Å²) in [4.78, 5) is 3.26. The van der Waals surface area contributed by atoms with Crippen LogP contribution in [-0.2, 0) is 6.18 Å². The van der Waals surface area contributed by atoms with Gasteiger partial charge in [-0.1, -0.05) is 0 Å². The van der Waals surface area contributed by atoms with Gasteiger partial charge in [-0.15, -0.1) is 12.6 Å². The minimum Gasteiger partial charge on any atom is -0.463 e. The third-order valence-corrected chi connectivity index (χ3v) is 2.58. The Labute approximate surface area is 108 Å². The second-order valence-corrected chi connectivity index (χ2v) is 4.23. The molecule has 2 N–H and O–H groups in total. The summed E-state index contributed by atoms with van der Waals surface area (Å²) in [6.07, 6.45) is -4.59. The van der Waals surface area contributed by atoms with Crippen LogP contribution in [0.5, 0.6) is 5.88 Å². The summed E-state index contributed by atoms with van der Waals surface area (Å²) in [6.45, 7) is 0. The van der Waals surface area contributed by atoms with Crippen LogP contribution in [-0.4, -0.2) is 23.4 Å².